The Balaban J connectivity index is 2.35. The number of halogens is 1. The number of fused-ring (bicyclic) bond motifs is 1. The molecule has 2 aromatic heterocycles. The molecule has 0 saturated heterocycles. The normalized spacial score (nSPS) is 11.0. The molecule has 0 unspecified atom stereocenters. The van der Waals surface area contributed by atoms with E-state index in [0.29, 0.717) is 17.2 Å². The molecule has 0 fully saturated rings. The van der Waals surface area contributed by atoms with Gasteiger partial charge in [-0.25, -0.2) is 4.39 Å². The van der Waals surface area contributed by atoms with Crippen molar-refractivity contribution in [2.45, 2.75) is 6.92 Å². The Bertz CT molecular complexity index is 714. The van der Waals surface area contributed by atoms with E-state index in [1.54, 1.807) is 18.2 Å². The first-order valence-electron chi connectivity index (χ1n) is 5.40. The molecular formula is C12H10FN5. The standard InChI is InChI=1S/C12H10FN5/c1-7-5-6-10-15-16-12(18(10)17-7)11-8(13)3-2-4-9(11)14/h2-6H,14H2,1H3. The average Bonchev–Trinajstić information content (AvgIpc) is 2.72. The van der Waals surface area contributed by atoms with Gasteiger partial charge >= 0.3 is 0 Å². The molecule has 6 heteroatoms. The van der Waals surface area contributed by atoms with E-state index in [-0.39, 0.29) is 5.56 Å². The van der Waals surface area contributed by atoms with Crippen molar-refractivity contribution in [1.29, 1.82) is 0 Å². The lowest BCUT2D eigenvalue weighted by atomic mass is 10.1. The molecule has 1 aromatic carbocycles. The van der Waals surface area contributed by atoms with Crippen LogP contribution >= 0.6 is 0 Å². The van der Waals surface area contributed by atoms with E-state index in [1.165, 1.54) is 10.6 Å². The summed E-state index contributed by atoms with van der Waals surface area (Å²) in [6.07, 6.45) is 0. The highest BCUT2D eigenvalue weighted by Crippen LogP contribution is 2.27. The maximum atomic E-state index is 13.9. The second-order valence-electron chi connectivity index (χ2n) is 3.97. The number of benzene rings is 1. The summed E-state index contributed by atoms with van der Waals surface area (Å²) in [5.74, 6) is -0.128. The number of aromatic nitrogens is 4. The summed E-state index contributed by atoms with van der Waals surface area (Å²) in [6.45, 7) is 1.84. The number of hydrogen-bond acceptors (Lipinski definition) is 4. The first-order chi connectivity index (χ1) is 8.66. The molecule has 0 radical (unpaired) electrons. The van der Waals surface area contributed by atoms with E-state index in [0.717, 1.165) is 5.69 Å². The zero-order chi connectivity index (χ0) is 12.7. The fraction of sp³-hybridized carbons (Fsp3) is 0.0833. The van der Waals surface area contributed by atoms with Crippen molar-refractivity contribution in [3.63, 3.8) is 0 Å². The Kier molecular flexibility index (Phi) is 2.22. The SMILES string of the molecule is Cc1ccc2nnc(-c3c(N)cccc3F)n2n1. The predicted octanol–water partition coefficient (Wildman–Crippen LogP) is 1.82. The lowest BCUT2D eigenvalue weighted by Gasteiger charge is -2.04. The van der Waals surface area contributed by atoms with Gasteiger partial charge in [0, 0.05) is 5.69 Å². The number of rotatable bonds is 1. The van der Waals surface area contributed by atoms with Gasteiger partial charge in [-0.1, -0.05) is 6.07 Å². The van der Waals surface area contributed by atoms with Gasteiger partial charge in [0.05, 0.1) is 11.3 Å². The first-order valence-corrected chi connectivity index (χ1v) is 5.40. The lowest BCUT2D eigenvalue weighted by Crippen LogP contribution is -2.01. The van der Waals surface area contributed by atoms with E-state index in [1.807, 2.05) is 13.0 Å². The van der Waals surface area contributed by atoms with Crippen LogP contribution in [-0.4, -0.2) is 19.8 Å². The zero-order valence-corrected chi connectivity index (χ0v) is 9.63. The van der Waals surface area contributed by atoms with Gasteiger partial charge in [-0.15, -0.1) is 10.2 Å². The minimum atomic E-state index is -0.437. The second-order valence-corrected chi connectivity index (χ2v) is 3.97. The van der Waals surface area contributed by atoms with Crippen molar-refractivity contribution in [1.82, 2.24) is 19.8 Å². The summed E-state index contributed by atoms with van der Waals surface area (Å²) in [5, 5.41) is 12.2. The van der Waals surface area contributed by atoms with Gasteiger partial charge in [0.2, 0.25) is 0 Å². The Morgan fingerprint density at radius 3 is 2.78 bits per heavy atom. The van der Waals surface area contributed by atoms with Crippen molar-refractivity contribution in [3.05, 3.63) is 41.8 Å². The van der Waals surface area contributed by atoms with Crippen LogP contribution in [-0.2, 0) is 0 Å². The van der Waals surface area contributed by atoms with E-state index >= 15 is 0 Å². The molecule has 0 spiro atoms. The molecule has 3 rings (SSSR count). The monoisotopic (exact) mass is 243 g/mol. The minimum Gasteiger partial charge on any atom is -0.398 e. The third-order valence-electron chi connectivity index (χ3n) is 2.67. The number of nitrogens with zero attached hydrogens (tertiary/aromatic N) is 4. The Labute approximate surface area is 102 Å². The van der Waals surface area contributed by atoms with Gasteiger partial charge in [0.15, 0.2) is 11.5 Å². The Morgan fingerprint density at radius 2 is 2.00 bits per heavy atom. The third-order valence-corrected chi connectivity index (χ3v) is 2.67. The molecule has 90 valence electrons. The topological polar surface area (TPSA) is 69.1 Å². The van der Waals surface area contributed by atoms with E-state index in [4.69, 9.17) is 5.73 Å². The number of anilines is 1. The van der Waals surface area contributed by atoms with E-state index < -0.39 is 5.82 Å². The van der Waals surface area contributed by atoms with Crippen molar-refractivity contribution in [2.75, 3.05) is 5.73 Å². The van der Waals surface area contributed by atoms with Crippen LogP contribution in [0.4, 0.5) is 10.1 Å². The molecule has 2 heterocycles. The largest absolute Gasteiger partial charge is 0.398 e. The number of aryl methyl sites for hydroxylation is 1. The minimum absolute atomic E-state index is 0.225. The van der Waals surface area contributed by atoms with E-state index in [9.17, 15) is 4.39 Å². The zero-order valence-electron chi connectivity index (χ0n) is 9.63. The number of nitrogens with two attached hydrogens (primary N) is 1. The average molecular weight is 243 g/mol. The number of hydrogen-bond donors (Lipinski definition) is 1. The molecule has 0 amide bonds. The summed E-state index contributed by atoms with van der Waals surface area (Å²) >= 11 is 0. The lowest BCUT2D eigenvalue weighted by molar-refractivity contribution is 0.629. The quantitative estimate of drug-likeness (QED) is 0.662. The van der Waals surface area contributed by atoms with Crippen LogP contribution in [0.15, 0.2) is 30.3 Å². The third kappa shape index (κ3) is 1.50. The van der Waals surface area contributed by atoms with Gasteiger partial charge < -0.3 is 5.73 Å². The van der Waals surface area contributed by atoms with Crippen molar-refractivity contribution in [3.8, 4) is 11.4 Å². The molecule has 0 aliphatic heterocycles. The van der Waals surface area contributed by atoms with Crippen LogP contribution in [0.2, 0.25) is 0 Å². The molecule has 0 bridgehead atoms. The molecule has 0 aliphatic carbocycles. The van der Waals surface area contributed by atoms with Crippen LogP contribution < -0.4 is 5.73 Å². The summed E-state index contributed by atoms with van der Waals surface area (Å²) < 4.78 is 15.3. The Hall–Kier alpha value is -2.50. The molecule has 0 atom stereocenters. The molecule has 18 heavy (non-hydrogen) atoms. The van der Waals surface area contributed by atoms with Crippen molar-refractivity contribution >= 4 is 11.3 Å². The fourth-order valence-electron chi connectivity index (χ4n) is 1.81. The molecule has 0 saturated carbocycles. The number of nitrogen functional groups attached to an aromatic ring is 1. The maximum absolute atomic E-state index is 13.9. The molecular weight excluding hydrogens is 233 g/mol. The van der Waals surface area contributed by atoms with Crippen LogP contribution in [0.3, 0.4) is 0 Å². The Morgan fingerprint density at radius 1 is 1.17 bits per heavy atom. The molecule has 3 aromatic rings. The smallest absolute Gasteiger partial charge is 0.190 e. The molecule has 0 aliphatic rings. The highest BCUT2D eigenvalue weighted by Gasteiger charge is 2.16. The van der Waals surface area contributed by atoms with Crippen molar-refractivity contribution in [2.24, 2.45) is 0 Å². The van der Waals surface area contributed by atoms with Crippen LogP contribution in [0.1, 0.15) is 5.69 Å². The second kappa shape index (κ2) is 3.76. The highest BCUT2D eigenvalue weighted by atomic mass is 19.1. The summed E-state index contributed by atoms with van der Waals surface area (Å²) in [4.78, 5) is 0. The van der Waals surface area contributed by atoms with Gasteiger partial charge in [0.1, 0.15) is 5.82 Å². The van der Waals surface area contributed by atoms with E-state index in [2.05, 4.69) is 15.3 Å². The predicted molar refractivity (Wildman–Crippen MR) is 65.3 cm³/mol. The summed E-state index contributed by atoms with van der Waals surface area (Å²) in [6, 6.07) is 8.10. The fourth-order valence-corrected chi connectivity index (χ4v) is 1.81. The highest BCUT2D eigenvalue weighted by molar-refractivity contribution is 5.73. The maximum Gasteiger partial charge on any atom is 0.190 e. The van der Waals surface area contributed by atoms with Gasteiger partial charge in [-0.2, -0.15) is 9.61 Å². The van der Waals surface area contributed by atoms with Gasteiger partial charge in [0.25, 0.3) is 0 Å². The summed E-state index contributed by atoms with van der Waals surface area (Å²) in [5.41, 5.74) is 7.67. The van der Waals surface area contributed by atoms with Crippen molar-refractivity contribution < 1.29 is 4.39 Å². The van der Waals surface area contributed by atoms with Crippen LogP contribution in [0.25, 0.3) is 17.0 Å². The van der Waals surface area contributed by atoms with Crippen LogP contribution in [0, 0.1) is 12.7 Å². The first kappa shape index (κ1) is 10.6. The van der Waals surface area contributed by atoms with Gasteiger partial charge in [-0.3, -0.25) is 0 Å². The van der Waals surface area contributed by atoms with Gasteiger partial charge in [-0.05, 0) is 31.2 Å². The molecule has 2 N–H and O–H groups in total. The summed E-state index contributed by atoms with van der Waals surface area (Å²) in [7, 11) is 0. The molecule has 5 nitrogen and oxygen atoms in total. The van der Waals surface area contributed by atoms with Crippen LogP contribution in [0.5, 0.6) is 0 Å².